The molecule has 0 spiro atoms. The second-order valence-corrected chi connectivity index (χ2v) is 7.05. The monoisotopic (exact) mass is 396 g/mol. The highest BCUT2D eigenvalue weighted by atomic mass is 35.5. The minimum absolute atomic E-state index is 0.200. The molecule has 2 aromatic carbocycles. The van der Waals surface area contributed by atoms with Crippen LogP contribution >= 0.6 is 11.6 Å². The van der Waals surface area contributed by atoms with Gasteiger partial charge in [-0.25, -0.2) is 4.79 Å². The number of fused-ring (bicyclic) bond motifs is 3. The molecule has 1 aliphatic rings. The summed E-state index contributed by atoms with van der Waals surface area (Å²) in [7, 11) is 0. The van der Waals surface area contributed by atoms with Crippen molar-refractivity contribution < 1.29 is 14.3 Å². The van der Waals surface area contributed by atoms with Crippen LogP contribution in [0.2, 0.25) is 0 Å². The summed E-state index contributed by atoms with van der Waals surface area (Å²) < 4.78 is 5.31. The van der Waals surface area contributed by atoms with Gasteiger partial charge in [-0.3, -0.25) is 4.79 Å². The first-order valence-corrected chi connectivity index (χ1v) is 9.87. The summed E-state index contributed by atoms with van der Waals surface area (Å²) >= 11 is 5.94. The van der Waals surface area contributed by atoms with Gasteiger partial charge in [0.15, 0.2) is 0 Å². The van der Waals surface area contributed by atoms with Gasteiger partial charge in [0.25, 0.3) is 0 Å². The largest absolute Gasteiger partial charge is 0.464 e. The van der Waals surface area contributed by atoms with E-state index in [1.807, 2.05) is 54.6 Å². The molecule has 0 bridgehead atoms. The summed E-state index contributed by atoms with van der Waals surface area (Å²) in [5.74, 6) is -0.898. The molecule has 1 N–H and O–H groups in total. The number of aromatic amines is 1. The maximum atomic E-state index is 12.9. The zero-order valence-electron chi connectivity index (χ0n) is 15.5. The summed E-state index contributed by atoms with van der Waals surface area (Å²) in [5.41, 5.74) is 3.87. The zero-order chi connectivity index (χ0) is 19.7. The van der Waals surface area contributed by atoms with E-state index in [1.165, 1.54) is 0 Å². The predicted octanol–water partition coefficient (Wildman–Crippen LogP) is 3.81. The van der Waals surface area contributed by atoms with Crippen molar-refractivity contribution in [2.45, 2.75) is 25.4 Å². The molecule has 28 heavy (non-hydrogen) atoms. The lowest BCUT2D eigenvalue weighted by molar-refractivity contribution is -0.156. The van der Waals surface area contributed by atoms with Gasteiger partial charge in [-0.2, -0.15) is 0 Å². The number of esters is 1. The number of halogens is 1. The number of hydrogen-bond acceptors (Lipinski definition) is 3. The van der Waals surface area contributed by atoms with E-state index in [9.17, 15) is 9.59 Å². The van der Waals surface area contributed by atoms with Gasteiger partial charge in [-0.1, -0.05) is 48.5 Å². The molecule has 4 rings (SSSR count). The maximum absolute atomic E-state index is 12.9. The lowest BCUT2D eigenvalue weighted by Gasteiger charge is -2.40. The number of hydrogen-bond donors (Lipinski definition) is 1. The van der Waals surface area contributed by atoms with E-state index in [2.05, 4.69) is 4.98 Å². The van der Waals surface area contributed by atoms with E-state index in [0.717, 1.165) is 27.7 Å². The lowest BCUT2D eigenvalue weighted by Crippen LogP contribution is -2.52. The Bertz CT molecular complexity index is 1020. The zero-order valence-corrected chi connectivity index (χ0v) is 16.3. The van der Waals surface area contributed by atoms with Crippen LogP contribution in [0.15, 0.2) is 54.6 Å². The second-order valence-electron chi connectivity index (χ2n) is 6.78. The van der Waals surface area contributed by atoms with Gasteiger partial charge in [0, 0.05) is 23.0 Å². The van der Waals surface area contributed by atoms with Crippen molar-refractivity contribution in [2.24, 2.45) is 0 Å². The number of carbonyl (C=O) groups is 2. The summed E-state index contributed by atoms with van der Waals surface area (Å²) in [5, 5.41) is 1.06. The molecule has 2 heterocycles. The van der Waals surface area contributed by atoms with Crippen molar-refractivity contribution in [1.82, 2.24) is 9.88 Å². The summed E-state index contributed by atoms with van der Waals surface area (Å²) in [6, 6.07) is 16.5. The standard InChI is InChI=1S/C22H21ClN2O3/c1-2-28-22(27)18-12-16-15-10-6-7-11-17(15)24-20(16)21(25(18)19(26)13-23)14-8-4-3-5-9-14/h3-11,18,21,24H,2,12-13H2,1H3/t18-,21+/m0/s1. The highest BCUT2D eigenvalue weighted by molar-refractivity contribution is 6.27. The molecule has 0 radical (unpaired) electrons. The lowest BCUT2D eigenvalue weighted by atomic mass is 9.88. The van der Waals surface area contributed by atoms with Gasteiger partial charge in [-0.05, 0) is 24.1 Å². The van der Waals surface area contributed by atoms with Gasteiger partial charge < -0.3 is 14.6 Å². The minimum Gasteiger partial charge on any atom is -0.464 e. The first-order valence-electron chi connectivity index (χ1n) is 9.33. The molecule has 3 aromatic rings. The van der Waals surface area contributed by atoms with E-state index in [0.29, 0.717) is 6.42 Å². The smallest absolute Gasteiger partial charge is 0.329 e. The van der Waals surface area contributed by atoms with E-state index in [4.69, 9.17) is 16.3 Å². The molecule has 5 nitrogen and oxygen atoms in total. The van der Waals surface area contributed by atoms with Crippen LogP contribution in [0.4, 0.5) is 0 Å². The number of alkyl halides is 1. The second kappa shape index (κ2) is 7.68. The van der Waals surface area contributed by atoms with Gasteiger partial charge in [0.2, 0.25) is 5.91 Å². The number of carbonyl (C=O) groups excluding carboxylic acids is 2. The average Bonchev–Trinajstić information content (AvgIpc) is 3.11. The van der Waals surface area contributed by atoms with Crippen LogP contribution in [0, 0.1) is 0 Å². The third-order valence-electron chi connectivity index (χ3n) is 5.21. The van der Waals surface area contributed by atoms with Gasteiger partial charge in [-0.15, -0.1) is 11.6 Å². The number of amides is 1. The van der Waals surface area contributed by atoms with Crippen LogP contribution in [0.25, 0.3) is 10.9 Å². The third kappa shape index (κ3) is 3.06. The molecular formula is C22H21ClN2O3. The molecule has 1 amide bonds. The molecule has 0 unspecified atom stereocenters. The molecule has 1 aromatic heterocycles. The van der Waals surface area contributed by atoms with Gasteiger partial charge in [0.05, 0.1) is 12.6 Å². The number of para-hydroxylation sites is 1. The fourth-order valence-electron chi connectivity index (χ4n) is 4.07. The molecule has 0 saturated heterocycles. The molecular weight excluding hydrogens is 376 g/mol. The Morgan fingerprint density at radius 1 is 1.14 bits per heavy atom. The van der Waals surface area contributed by atoms with Crippen LogP contribution in [-0.4, -0.2) is 40.3 Å². The fraction of sp³-hybridized carbons (Fsp3) is 0.273. The Balaban J connectivity index is 1.95. The van der Waals surface area contributed by atoms with Crippen molar-refractivity contribution >= 4 is 34.4 Å². The predicted molar refractivity (Wildman–Crippen MR) is 108 cm³/mol. The van der Waals surface area contributed by atoms with Crippen molar-refractivity contribution in [3.8, 4) is 0 Å². The van der Waals surface area contributed by atoms with Crippen LogP contribution in [0.3, 0.4) is 0 Å². The van der Waals surface area contributed by atoms with Crippen molar-refractivity contribution in [3.05, 3.63) is 71.4 Å². The molecule has 2 atom stereocenters. The van der Waals surface area contributed by atoms with E-state index in [1.54, 1.807) is 11.8 Å². The Labute approximate surface area is 168 Å². The van der Waals surface area contributed by atoms with Gasteiger partial charge >= 0.3 is 5.97 Å². The Kier molecular flexibility index (Phi) is 5.09. The quantitative estimate of drug-likeness (QED) is 0.538. The average molecular weight is 397 g/mol. The summed E-state index contributed by atoms with van der Waals surface area (Å²) in [6.07, 6.45) is 0.393. The highest BCUT2D eigenvalue weighted by Gasteiger charge is 2.43. The van der Waals surface area contributed by atoms with E-state index >= 15 is 0 Å². The van der Waals surface area contributed by atoms with Crippen LogP contribution < -0.4 is 0 Å². The molecule has 1 aliphatic heterocycles. The maximum Gasteiger partial charge on any atom is 0.329 e. The molecule has 144 valence electrons. The van der Waals surface area contributed by atoms with E-state index < -0.39 is 18.1 Å². The molecule has 0 aliphatic carbocycles. The summed E-state index contributed by atoms with van der Waals surface area (Å²) in [4.78, 5) is 30.7. The minimum atomic E-state index is -0.719. The van der Waals surface area contributed by atoms with E-state index in [-0.39, 0.29) is 18.4 Å². The summed E-state index contributed by atoms with van der Waals surface area (Å²) in [6.45, 7) is 2.02. The number of ether oxygens (including phenoxy) is 1. The molecule has 6 heteroatoms. The van der Waals surface area contributed by atoms with Crippen molar-refractivity contribution in [1.29, 1.82) is 0 Å². The van der Waals surface area contributed by atoms with Gasteiger partial charge in [0.1, 0.15) is 11.9 Å². The number of nitrogens with one attached hydrogen (secondary N) is 1. The number of nitrogens with zero attached hydrogens (tertiary/aromatic N) is 1. The normalized spacial score (nSPS) is 18.7. The topological polar surface area (TPSA) is 62.4 Å². The van der Waals surface area contributed by atoms with Crippen LogP contribution in [-0.2, 0) is 20.7 Å². The third-order valence-corrected chi connectivity index (χ3v) is 5.44. The fourth-order valence-corrected chi connectivity index (χ4v) is 4.21. The number of rotatable bonds is 4. The first kappa shape index (κ1) is 18.6. The SMILES string of the molecule is CCOC(=O)[C@@H]1Cc2c([nH]c3ccccc23)[C@@H](c2ccccc2)N1C(=O)CCl. The van der Waals surface area contributed by atoms with Crippen LogP contribution in [0.1, 0.15) is 29.8 Å². The van der Waals surface area contributed by atoms with Crippen molar-refractivity contribution in [2.75, 3.05) is 12.5 Å². The van der Waals surface area contributed by atoms with Crippen LogP contribution in [0.5, 0.6) is 0 Å². The number of benzene rings is 2. The number of aromatic nitrogens is 1. The highest BCUT2D eigenvalue weighted by Crippen LogP contribution is 2.41. The molecule has 0 saturated carbocycles. The number of H-pyrrole nitrogens is 1. The Morgan fingerprint density at radius 2 is 1.86 bits per heavy atom. The molecule has 0 fully saturated rings. The Hall–Kier alpha value is -2.79. The van der Waals surface area contributed by atoms with Crippen molar-refractivity contribution in [3.63, 3.8) is 0 Å². The first-order chi connectivity index (χ1) is 13.7. The Morgan fingerprint density at radius 3 is 2.57 bits per heavy atom.